The Morgan fingerprint density at radius 3 is 0.706 bits per heavy atom. The van der Waals surface area contributed by atoms with E-state index in [0.717, 1.165) is 0 Å². The van der Waals surface area contributed by atoms with Gasteiger partial charge in [-0.2, -0.15) is 0 Å². The third-order valence-corrected chi connectivity index (χ3v) is 50.3. The van der Waals surface area contributed by atoms with Crippen LogP contribution in [0.4, 0.5) is 0 Å². The lowest BCUT2D eigenvalue weighted by Crippen LogP contribution is -2.72. The van der Waals surface area contributed by atoms with Gasteiger partial charge in [0.1, 0.15) is 0 Å². The monoisotopic (exact) mass is 496 g/mol. The highest BCUT2D eigenvalue weighted by atomic mass is 80.0. The van der Waals surface area contributed by atoms with Gasteiger partial charge in [0.25, 0.3) is 3.93 Å². The van der Waals surface area contributed by atoms with Crippen LogP contribution >= 0.6 is 45.9 Å². The van der Waals surface area contributed by atoms with Gasteiger partial charge in [-0.3, -0.25) is 0 Å². The third kappa shape index (κ3) is 3.32. The van der Waals surface area contributed by atoms with Crippen LogP contribution in [0, 0.1) is 0 Å². The van der Waals surface area contributed by atoms with Gasteiger partial charge in [-0.25, -0.2) is 0 Å². The van der Waals surface area contributed by atoms with Gasteiger partial charge in [-0.05, 0) is 3.91 Å². The summed E-state index contributed by atoms with van der Waals surface area (Å²) in [6.45, 7) is 23.1. The number of rotatable bonds is 4. The quantitative estimate of drug-likeness (QED) is 0.307. The molecule has 0 aromatic rings. The Hall–Kier alpha value is 2.31. The molecule has 0 nitrogen and oxygen atoms in total. The highest BCUT2D eigenvalue weighted by molar-refractivity contribution is 9.72. The summed E-state index contributed by atoms with van der Waals surface area (Å²) in [7, 11) is -3.90. The van der Waals surface area contributed by atoms with Crippen molar-refractivity contribution in [3.8, 4) is 0 Å². The Bertz CT molecular complexity index is 216. The third-order valence-electron chi connectivity index (χ3n) is 3.80. The zero-order valence-corrected chi connectivity index (χ0v) is 21.4. The topological polar surface area (TPSA) is 0 Å². The van der Waals surface area contributed by atoms with E-state index in [1.807, 2.05) is 0 Å². The molecule has 0 saturated carbocycles. The highest BCUT2D eigenvalue weighted by Crippen LogP contribution is 2.65. The van der Waals surface area contributed by atoms with Crippen LogP contribution in [0.5, 0.6) is 0 Å². The second-order valence-electron chi connectivity index (χ2n) is 8.00. The molecule has 0 radical (unpaired) electrons. The average Bonchev–Trinajstić information content (AvgIpc) is 1.67. The normalized spacial score (nSPS) is 16.2. The molecule has 0 fully saturated rings. The Balaban J connectivity index is 6.37. The van der Waals surface area contributed by atoms with Crippen LogP contribution in [0.25, 0.3) is 0 Å². The first-order valence-electron chi connectivity index (χ1n) is 6.07. The predicted octanol–water partition coefficient (Wildman–Crippen LogP) is 6.48. The first kappa shape index (κ1) is 19.3. The Morgan fingerprint density at radius 2 is 0.706 bits per heavy atom. The molecule has 7 heteroatoms. The van der Waals surface area contributed by atoms with Crippen molar-refractivity contribution in [3.63, 3.8) is 0 Å². The van der Waals surface area contributed by atoms with E-state index < -0.39 is 28.2 Å². The molecule has 0 aliphatic heterocycles. The van der Waals surface area contributed by atoms with E-state index in [4.69, 9.17) is 0 Å². The molecule has 17 heavy (non-hydrogen) atoms. The van der Waals surface area contributed by atoms with Crippen molar-refractivity contribution in [1.29, 1.82) is 0 Å². The van der Waals surface area contributed by atoms with E-state index in [-0.39, 0.29) is 0 Å². The summed E-state index contributed by atoms with van der Waals surface area (Å²) < 4.78 is -1.16. The van der Waals surface area contributed by atoms with Crippen molar-refractivity contribution >= 4 is 74.0 Å². The molecule has 0 spiro atoms. The summed E-state index contributed by atoms with van der Waals surface area (Å²) in [5.41, 5.74) is 0. The Kier molecular flexibility index (Phi) is 5.97. The van der Waals surface area contributed by atoms with Gasteiger partial charge in [0.15, 0.2) is 0 Å². The molecule has 0 saturated heterocycles. The van der Waals surface area contributed by atoms with E-state index >= 15 is 0 Å². The standard InChI is InChI=1S/C10H27Br3Si4/c1-14(2,3)10(15(4,5)6,16(7,8)9)17(11,12)13/h1-9H3. The summed E-state index contributed by atoms with van der Waals surface area (Å²) in [6.07, 6.45) is 0. The van der Waals surface area contributed by atoms with E-state index in [2.05, 4.69) is 105 Å². The summed E-state index contributed by atoms with van der Waals surface area (Å²) in [6, 6.07) is 0. The zero-order valence-electron chi connectivity index (χ0n) is 12.6. The van der Waals surface area contributed by atoms with E-state index in [0.29, 0.717) is 3.91 Å². The molecule has 104 valence electrons. The largest absolute Gasteiger partial charge is 0.265 e. The maximum atomic E-state index is 4.09. The number of hydrogen-bond donors (Lipinski definition) is 0. The van der Waals surface area contributed by atoms with Crippen LogP contribution in [-0.4, -0.2) is 28.2 Å². The SMILES string of the molecule is C[Si](C)(C)C([Si](C)(C)C)([Si](C)(C)C)[Si](Br)(Br)Br. The lowest BCUT2D eigenvalue weighted by molar-refractivity contribution is 1.24. The fourth-order valence-electron chi connectivity index (χ4n) is 4.65. The highest BCUT2D eigenvalue weighted by Gasteiger charge is 2.69. The summed E-state index contributed by atoms with van der Waals surface area (Å²) in [5, 5.41) is 0. The maximum Gasteiger partial charge on any atom is 0.265 e. The number of hydrogen-bond acceptors (Lipinski definition) is 0. The van der Waals surface area contributed by atoms with Crippen LogP contribution in [0.1, 0.15) is 0 Å². The fourth-order valence-corrected chi connectivity index (χ4v) is 90.0. The minimum Gasteiger partial charge on any atom is -0.0967 e. The minimum atomic E-state index is -1.72. The predicted molar refractivity (Wildman–Crippen MR) is 105 cm³/mol. The minimum absolute atomic E-state index is 0.556. The van der Waals surface area contributed by atoms with Crippen molar-refractivity contribution < 1.29 is 0 Å². The van der Waals surface area contributed by atoms with Crippen LogP contribution in [0.3, 0.4) is 0 Å². The van der Waals surface area contributed by atoms with Crippen LogP contribution in [-0.2, 0) is 0 Å². The first-order valence-corrected chi connectivity index (χ1v) is 25.3. The second-order valence-corrected chi connectivity index (χ2v) is 48.8. The van der Waals surface area contributed by atoms with E-state index in [1.165, 1.54) is 0 Å². The van der Waals surface area contributed by atoms with E-state index in [9.17, 15) is 0 Å². The molecular formula is C10H27Br3Si4. The van der Waals surface area contributed by atoms with Crippen LogP contribution in [0.15, 0.2) is 0 Å². The molecule has 0 aromatic carbocycles. The van der Waals surface area contributed by atoms with Crippen molar-refractivity contribution in [2.75, 3.05) is 0 Å². The van der Waals surface area contributed by atoms with Crippen molar-refractivity contribution in [2.24, 2.45) is 0 Å². The second kappa shape index (κ2) is 5.25. The molecule has 0 aliphatic rings. The first-order chi connectivity index (χ1) is 7.00. The molecule has 0 atom stereocenters. The molecule has 0 heterocycles. The van der Waals surface area contributed by atoms with Gasteiger partial charge in [-0.15, -0.1) is 0 Å². The summed E-state index contributed by atoms with van der Waals surface area (Å²) in [5.74, 6) is 0. The van der Waals surface area contributed by atoms with Crippen molar-refractivity contribution in [2.45, 2.75) is 62.8 Å². The molecule has 0 aromatic heterocycles. The van der Waals surface area contributed by atoms with Gasteiger partial charge in [0, 0.05) is 24.2 Å². The molecule has 0 bridgehead atoms. The van der Waals surface area contributed by atoms with Gasteiger partial charge in [-0.1, -0.05) is 105 Å². The van der Waals surface area contributed by atoms with E-state index in [1.54, 1.807) is 0 Å². The smallest absolute Gasteiger partial charge is 0.0967 e. The van der Waals surface area contributed by atoms with Gasteiger partial charge < -0.3 is 0 Å². The van der Waals surface area contributed by atoms with Crippen LogP contribution in [0.2, 0.25) is 62.8 Å². The lowest BCUT2D eigenvalue weighted by Gasteiger charge is -2.62. The van der Waals surface area contributed by atoms with Crippen LogP contribution < -0.4 is 0 Å². The molecule has 0 N–H and O–H groups in total. The number of halogens is 3. The van der Waals surface area contributed by atoms with Crippen molar-refractivity contribution in [3.05, 3.63) is 0 Å². The molecular weight excluding hydrogens is 472 g/mol. The Morgan fingerprint density at radius 1 is 0.529 bits per heavy atom. The molecule has 0 rings (SSSR count). The molecule has 0 unspecified atom stereocenters. The van der Waals surface area contributed by atoms with Gasteiger partial charge in [0.2, 0.25) is 0 Å². The maximum absolute atomic E-state index is 4.09. The molecule has 0 amide bonds. The lowest BCUT2D eigenvalue weighted by atomic mass is 11.6. The van der Waals surface area contributed by atoms with Gasteiger partial charge in [0.05, 0.1) is 0 Å². The zero-order chi connectivity index (χ0) is 14.5. The summed E-state index contributed by atoms with van der Waals surface area (Å²) >= 11 is 12.3. The fraction of sp³-hybridized carbons (Fsp3) is 1.00. The molecule has 0 aliphatic carbocycles. The van der Waals surface area contributed by atoms with Gasteiger partial charge >= 0.3 is 0 Å². The summed E-state index contributed by atoms with van der Waals surface area (Å²) in [4.78, 5) is 0. The Labute approximate surface area is 135 Å². The van der Waals surface area contributed by atoms with Crippen molar-refractivity contribution in [1.82, 2.24) is 0 Å². The average molecular weight is 499 g/mol.